The highest BCUT2D eigenvalue weighted by atomic mass is 16.5. The van der Waals surface area contributed by atoms with Crippen molar-refractivity contribution in [3.8, 4) is 17.2 Å². The van der Waals surface area contributed by atoms with Gasteiger partial charge in [-0.2, -0.15) is 0 Å². The lowest BCUT2D eigenvalue weighted by Gasteiger charge is -2.09. The number of rotatable bonds is 8. The predicted molar refractivity (Wildman–Crippen MR) is 134 cm³/mol. The Labute approximate surface area is 216 Å². The molecule has 190 valence electrons. The van der Waals surface area contributed by atoms with Gasteiger partial charge in [0.2, 0.25) is 0 Å². The maximum atomic E-state index is 12.4. The Kier molecular flexibility index (Phi) is 7.48. The van der Waals surface area contributed by atoms with Crippen LogP contribution in [0.2, 0.25) is 0 Å². The summed E-state index contributed by atoms with van der Waals surface area (Å²) in [6.07, 6.45) is 0.519. The highest BCUT2D eigenvalue weighted by molar-refractivity contribution is 6.04. The van der Waals surface area contributed by atoms with E-state index in [0.717, 1.165) is 17.2 Å². The second-order valence-corrected chi connectivity index (χ2v) is 8.13. The second-order valence-electron chi connectivity index (χ2n) is 8.13. The molecule has 0 spiro atoms. The van der Waals surface area contributed by atoms with Crippen molar-refractivity contribution in [2.24, 2.45) is 0 Å². The number of hydrogen-bond acceptors (Lipinski definition) is 7. The minimum atomic E-state index is -1.37. The monoisotopic (exact) mass is 512 g/mol. The number of aromatic carboxylic acids is 2. The summed E-state index contributed by atoms with van der Waals surface area (Å²) < 4.78 is 10.6. The van der Waals surface area contributed by atoms with E-state index >= 15 is 0 Å². The molecule has 9 heteroatoms. The van der Waals surface area contributed by atoms with Crippen molar-refractivity contribution < 1.29 is 44.0 Å². The molecule has 0 saturated carbocycles. The summed E-state index contributed by atoms with van der Waals surface area (Å²) in [5, 5.41) is 28.0. The van der Waals surface area contributed by atoms with Crippen LogP contribution in [0.25, 0.3) is 0 Å². The van der Waals surface area contributed by atoms with E-state index in [1.54, 1.807) is 54.6 Å². The SMILES string of the molecule is O=C(O)c1ccccc1C(=O)Oc1ccc(Cc2ccc(OC(=O)c3ccc(O)cc3C(=O)O)cc2)cc1. The first kappa shape index (κ1) is 25.6. The Morgan fingerprint density at radius 1 is 0.553 bits per heavy atom. The molecule has 0 saturated heterocycles. The van der Waals surface area contributed by atoms with Crippen LogP contribution in [0.1, 0.15) is 52.6 Å². The molecule has 0 aliphatic carbocycles. The van der Waals surface area contributed by atoms with Gasteiger partial charge >= 0.3 is 23.9 Å². The van der Waals surface area contributed by atoms with Crippen LogP contribution >= 0.6 is 0 Å². The zero-order valence-corrected chi connectivity index (χ0v) is 19.7. The third-order valence-corrected chi connectivity index (χ3v) is 5.51. The Morgan fingerprint density at radius 2 is 1.00 bits per heavy atom. The number of carboxylic acid groups (broad SMARTS) is 2. The van der Waals surface area contributed by atoms with E-state index in [1.807, 2.05) is 0 Å². The minimum absolute atomic E-state index is 0.0468. The molecule has 0 aliphatic heterocycles. The third-order valence-electron chi connectivity index (χ3n) is 5.51. The van der Waals surface area contributed by atoms with Gasteiger partial charge in [-0.25, -0.2) is 19.2 Å². The van der Waals surface area contributed by atoms with Crippen LogP contribution in [-0.2, 0) is 6.42 Å². The predicted octanol–water partition coefficient (Wildman–Crippen LogP) is 4.82. The number of carbonyl (C=O) groups excluding carboxylic acids is 2. The summed E-state index contributed by atoms with van der Waals surface area (Å²) in [5.74, 6) is -4.04. The number of phenolic OH excluding ortho intramolecular Hbond substituents is 1. The first-order valence-electron chi connectivity index (χ1n) is 11.2. The third kappa shape index (κ3) is 6.03. The average Bonchev–Trinajstić information content (AvgIpc) is 2.90. The van der Waals surface area contributed by atoms with E-state index in [-0.39, 0.29) is 39.5 Å². The lowest BCUT2D eigenvalue weighted by molar-refractivity contribution is 0.0666. The number of benzene rings is 4. The van der Waals surface area contributed by atoms with Gasteiger partial charge in [-0.05, 0) is 72.1 Å². The number of hydrogen-bond donors (Lipinski definition) is 3. The first-order chi connectivity index (χ1) is 18.2. The van der Waals surface area contributed by atoms with Crippen LogP contribution in [0.5, 0.6) is 17.2 Å². The van der Waals surface area contributed by atoms with Crippen molar-refractivity contribution in [2.75, 3.05) is 0 Å². The van der Waals surface area contributed by atoms with Crippen LogP contribution in [0, 0.1) is 0 Å². The van der Waals surface area contributed by atoms with Crippen molar-refractivity contribution in [3.05, 3.63) is 124 Å². The van der Waals surface area contributed by atoms with Crippen molar-refractivity contribution in [2.45, 2.75) is 6.42 Å². The van der Waals surface area contributed by atoms with Gasteiger partial charge in [-0.15, -0.1) is 0 Å². The maximum Gasteiger partial charge on any atom is 0.344 e. The van der Waals surface area contributed by atoms with Gasteiger partial charge in [0.05, 0.1) is 22.3 Å². The molecule has 4 aromatic rings. The van der Waals surface area contributed by atoms with E-state index in [1.165, 1.54) is 30.3 Å². The summed E-state index contributed by atoms with van der Waals surface area (Å²) in [6, 6.07) is 22.5. The lowest BCUT2D eigenvalue weighted by Crippen LogP contribution is -2.14. The Morgan fingerprint density at radius 3 is 1.47 bits per heavy atom. The number of carboxylic acids is 2. The van der Waals surface area contributed by atoms with Gasteiger partial charge in [0.25, 0.3) is 0 Å². The molecular formula is C29H20O9. The molecule has 0 unspecified atom stereocenters. The maximum absolute atomic E-state index is 12.4. The first-order valence-corrected chi connectivity index (χ1v) is 11.2. The van der Waals surface area contributed by atoms with Crippen LogP contribution in [0.15, 0.2) is 91.0 Å². The molecule has 0 amide bonds. The molecule has 38 heavy (non-hydrogen) atoms. The largest absolute Gasteiger partial charge is 0.508 e. The molecule has 4 aromatic carbocycles. The fourth-order valence-electron chi connectivity index (χ4n) is 3.65. The second kappa shape index (κ2) is 11.1. The number of ether oxygens (including phenoxy) is 2. The topological polar surface area (TPSA) is 147 Å². The van der Waals surface area contributed by atoms with Gasteiger partial charge in [0.1, 0.15) is 17.2 Å². The molecule has 0 aromatic heterocycles. The van der Waals surface area contributed by atoms with Gasteiger partial charge in [-0.3, -0.25) is 0 Å². The van der Waals surface area contributed by atoms with Gasteiger partial charge < -0.3 is 24.8 Å². The van der Waals surface area contributed by atoms with Crippen LogP contribution in [0.4, 0.5) is 0 Å². The summed E-state index contributed by atoms with van der Waals surface area (Å²) in [6.45, 7) is 0. The molecule has 0 radical (unpaired) electrons. The normalized spacial score (nSPS) is 10.4. The molecule has 4 rings (SSSR count). The van der Waals surface area contributed by atoms with Crippen molar-refractivity contribution in [3.63, 3.8) is 0 Å². The quantitative estimate of drug-likeness (QED) is 0.223. The van der Waals surface area contributed by atoms with E-state index in [9.17, 15) is 34.5 Å². The smallest absolute Gasteiger partial charge is 0.344 e. The number of aromatic hydroxyl groups is 1. The zero-order chi connectivity index (χ0) is 27.2. The molecule has 0 aliphatic rings. The van der Waals surface area contributed by atoms with Crippen LogP contribution in [0.3, 0.4) is 0 Å². The average molecular weight is 512 g/mol. The Balaban J connectivity index is 1.38. The van der Waals surface area contributed by atoms with E-state index in [0.29, 0.717) is 6.42 Å². The van der Waals surface area contributed by atoms with Crippen LogP contribution in [-0.4, -0.2) is 39.2 Å². The standard InChI is InChI=1S/C29H20O9/c30-19-9-14-24(25(16-19)27(33)34)29(36)38-21-12-7-18(8-13-21)15-17-5-10-20(11-6-17)37-28(35)23-4-2-1-3-22(23)26(31)32/h1-14,16,30H,15H2,(H,31,32)(H,33,34). The molecule has 0 atom stereocenters. The number of carbonyl (C=O) groups is 4. The van der Waals surface area contributed by atoms with Gasteiger partial charge in [0.15, 0.2) is 0 Å². The molecular weight excluding hydrogens is 492 g/mol. The molecule has 3 N–H and O–H groups in total. The minimum Gasteiger partial charge on any atom is -0.508 e. The lowest BCUT2D eigenvalue weighted by atomic mass is 10.0. The highest BCUT2D eigenvalue weighted by Crippen LogP contribution is 2.22. The molecule has 9 nitrogen and oxygen atoms in total. The summed E-state index contributed by atoms with van der Waals surface area (Å²) in [4.78, 5) is 47.5. The number of phenols is 1. The summed E-state index contributed by atoms with van der Waals surface area (Å²) in [7, 11) is 0. The summed E-state index contributed by atoms with van der Waals surface area (Å²) >= 11 is 0. The molecule has 0 heterocycles. The molecule has 0 bridgehead atoms. The fraction of sp³-hybridized carbons (Fsp3) is 0.0345. The van der Waals surface area contributed by atoms with Crippen molar-refractivity contribution in [1.29, 1.82) is 0 Å². The Hall–Kier alpha value is -5.44. The molecule has 0 fully saturated rings. The fourth-order valence-corrected chi connectivity index (χ4v) is 3.65. The van der Waals surface area contributed by atoms with Crippen molar-refractivity contribution >= 4 is 23.9 Å². The van der Waals surface area contributed by atoms with E-state index < -0.39 is 23.9 Å². The van der Waals surface area contributed by atoms with E-state index in [2.05, 4.69) is 0 Å². The highest BCUT2D eigenvalue weighted by Gasteiger charge is 2.20. The van der Waals surface area contributed by atoms with Gasteiger partial charge in [-0.1, -0.05) is 36.4 Å². The zero-order valence-electron chi connectivity index (χ0n) is 19.7. The number of esters is 2. The Bertz CT molecular complexity index is 1520. The van der Waals surface area contributed by atoms with Gasteiger partial charge in [0, 0.05) is 0 Å². The van der Waals surface area contributed by atoms with Crippen LogP contribution < -0.4 is 9.47 Å². The van der Waals surface area contributed by atoms with Crippen molar-refractivity contribution in [1.82, 2.24) is 0 Å². The summed E-state index contributed by atoms with van der Waals surface area (Å²) in [5.41, 5.74) is 1.04. The van der Waals surface area contributed by atoms with E-state index in [4.69, 9.17) is 9.47 Å².